The molecule has 218 valence electrons. The number of nitrogens with zero attached hydrogens (tertiary/aromatic N) is 2. The quantitative estimate of drug-likeness (QED) is 0.217. The molecule has 0 heterocycles. The highest BCUT2D eigenvalue weighted by Crippen LogP contribution is 2.28. The number of amides is 2. The van der Waals surface area contributed by atoms with E-state index in [2.05, 4.69) is 21.2 Å². The van der Waals surface area contributed by atoms with Crippen molar-refractivity contribution in [3.63, 3.8) is 0 Å². The van der Waals surface area contributed by atoms with E-state index in [0.717, 1.165) is 21.2 Å². The monoisotopic (exact) mass is 647 g/mol. The van der Waals surface area contributed by atoms with Crippen LogP contribution in [0.2, 0.25) is 0 Å². The van der Waals surface area contributed by atoms with Gasteiger partial charge in [0, 0.05) is 24.5 Å². The largest absolute Gasteiger partial charge is 0.357 e. The molecule has 9 heteroatoms. The third kappa shape index (κ3) is 7.46. The Bertz CT molecular complexity index is 1600. The van der Waals surface area contributed by atoms with Gasteiger partial charge in [-0.1, -0.05) is 102 Å². The van der Waals surface area contributed by atoms with E-state index in [1.807, 2.05) is 73.7 Å². The van der Waals surface area contributed by atoms with Crippen molar-refractivity contribution in [1.82, 2.24) is 10.2 Å². The standard InChI is InChI=1S/C33H34BrN3O4S/c1-3-27-14-10-11-17-30(27)37(42(40,41)29-15-8-5-9-16-29)24-32(38)36(23-26-18-20-28(34)21-19-26)31(33(39)35-2)22-25-12-6-4-7-13-25/h4-21,31H,3,22-24H2,1-2H3,(H,35,39)/t31-/m1/s1. The molecule has 0 saturated carbocycles. The van der Waals surface area contributed by atoms with Gasteiger partial charge in [-0.3, -0.25) is 13.9 Å². The Morgan fingerprint density at radius 1 is 0.810 bits per heavy atom. The maximum Gasteiger partial charge on any atom is 0.264 e. The molecule has 1 atom stereocenters. The molecule has 4 aromatic carbocycles. The number of hydrogen-bond donors (Lipinski definition) is 1. The molecular formula is C33H34BrN3O4S. The first-order valence-corrected chi connectivity index (χ1v) is 15.9. The number of hydrogen-bond acceptors (Lipinski definition) is 4. The fraction of sp³-hybridized carbons (Fsp3) is 0.212. The van der Waals surface area contributed by atoms with E-state index in [-0.39, 0.29) is 23.8 Å². The number of para-hydroxylation sites is 1. The molecule has 0 fully saturated rings. The minimum atomic E-state index is -4.13. The predicted octanol–water partition coefficient (Wildman–Crippen LogP) is 5.59. The molecule has 0 spiro atoms. The number of aryl methyl sites for hydroxylation is 1. The van der Waals surface area contributed by atoms with E-state index in [1.165, 1.54) is 28.4 Å². The van der Waals surface area contributed by atoms with Crippen molar-refractivity contribution in [2.75, 3.05) is 17.9 Å². The van der Waals surface area contributed by atoms with E-state index in [4.69, 9.17) is 0 Å². The molecule has 0 radical (unpaired) electrons. The third-order valence-corrected chi connectivity index (χ3v) is 9.34. The summed E-state index contributed by atoms with van der Waals surface area (Å²) in [7, 11) is -2.59. The van der Waals surface area contributed by atoms with E-state index >= 15 is 0 Å². The molecule has 0 bridgehead atoms. The number of nitrogens with one attached hydrogen (secondary N) is 1. The van der Waals surface area contributed by atoms with Gasteiger partial charge in [0.15, 0.2) is 0 Å². The zero-order valence-corrected chi connectivity index (χ0v) is 26.0. The summed E-state index contributed by atoms with van der Waals surface area (Å²) in [5.74, 6) is -0.830. The normalized spacial score (nSPS) is 11.9. The zero-order chi connectivity index (χ0) is 30.1. The average molecular weight is 649 g/mol. The number of carbonyl (C=O) groups excluding carboxylic acids is 2. The fourth-order valence-corrected chi connectivity index (χ4v) is 6.53. The summed E-state index contributed by atoms with van der Waals surface area (Å²) in [5.41, 5.74) is 2.90. The summed E-state index contributed by atoms with van der Waals surface area (Å²) in [4.78, 5) is 29.3. The van der Waals surface area contributed by atoms with Crippen LogP contribution in [0.5, 0.6) is 0 Å². The first-order chi connectivity index (χ1) is 20.2. The Labute approximate surface area is 256 Å². The van der Waals surface area contributed by atoms with Gasteiger partial charge in [-0.25, -0.2) is 8.42 Å². The van der Waals surface area contributed by atoms with Crippen molar-refractivity contribution in [1.29, 1.82) is 0 Å². The Balaban J connectivity index is 1.80. The highest BCUT2D eigenvalue weighted by Gasteiger charge is 2.34. The van der Waals surface area contributed by atoms with Crippen molar-refractivity contribution in [3.05, 3.63) is 130 Å². The lowest BCUT2D eigenvalue weighted by Gasteiger charge is -2.34. The van der Waals surface area contributed by atoms with Gasteiger partial charge in [-0.05, 0) is 53.4 Å². The summed E-state index contributed by atoms with van der Waals surface area (Å²) < 4.78 is 30.2. The van der Waals surface area contributed by atoms with Crippen LogP contribution in [-0.2, 0) is 39.0 Å². The van der Waals surface area contributed by atoms with Crippen LogP contribution >= 0.6 is 15.9 Å². The van der Waals surface area contributed by atoms with E-state index in [0.29, 0.717) is 12.1 Å². The molecule has 1 N–H and O–H groups in total. The Hall–Kier alpha value is -3.95. The van der Waals surface area contributed by atoms with Crippen LogP contribution < -0.4 is 9.62 Å². The van der Waals surface area contributed by atoms with Crippen LogP contribution in [-0.4, -0.2) is 44.8 Å². The minimum Gasteiger partial charge on any atom is -0.357 e. The zero-order valence-electron chi connectivity index (χ0n) is 23.6. The summed E-state index contributed by atoms with van der Waals surface area (Å²) in [6.07, 6.45) is 0.836. The van der Waals surface area contributed by atoms with E-state index in [1.54, 1.807) is 30.3 Å². The molecule has 0 aliphatic heterocycles. The van der Waals surface area contributed by atoms with Gasteiger partial charge in [-0.15, -0.1) is 0 Å². The predicted molar refractivity (Wildman–Crippen MR) is 169 cm³/mol. The highest BCUT2D eigenvalue weighted by atomic mass is 79.9. The molecular weight excluding hydrogens is 614 g/mol. The van der Waals surface area contributed by atoms with Crippen LogP contribution in [0.3, 0.4) is 0 Å². The summed E-state index contributed by atoms with van der Waals surface area (Å²) in [5, 5.41) is 2.70. The number of halogens is 1. The lowest BCUT2D eigenvalue weighted by molar-refractivity contribution is -0.139. The van der Waals surface area contributed by atoms with Crippen molar-refractivity contribution in [2.24, 2.45) is 0 Å². The van der Waals surface area contributed by atoms with Gasteiger partial charge in [-0.2, -0.15) is 0 Å². The molecule has 0 aliphatic carbocycles. The average Bonchev–Trinajstić information content (AvgIpc) is 3.02. The number of sulfonamides is 1. The second-order valence-electron chi connectivity index (χ2n) is 9.77. The Morgan fingerprint density at radius 3 is 2.02 bits per heavy atom. The van der Waals surface area contributed by atoms with Gasteiger partial charge in [0.1, 0.15) is 12.6 Å². The second kappa shape index (κ2) is 14.3. The van der Waals surface area contributed by atoms with Crippen LogP contribution in [0.1, 0.15) is 23.6 Å². The van der Waals surface area contributed by atoms with Gasteiger partial charge in [0.05, 0.1) is 10.6 Å². The number of carbonyl (C=O) groups is 2. The van der Waals surface area contributed by atoms with E-state index < -0.39 is 28.5 Å². The minimum absolute atomic E-state index is 0.0790. The number of likely N-dealkylation sites (N-methyl/N-ethyl adjacent to an activating group) is 1. The number of benzene rings is 4. The third-order valence-electron chi connectivity index (χ3n) is 7.03. The molecule has 4 aromatic rings. The van der Waals surface area contributed by atoms with Crippen molar-refractivity contribution in [2.45, 2.75) is 37.2 Å². The first-order valence-electron chi connectivity index (χ1n) is 13.7. The summed E-state index contributed by atoms with van der Waals surface area (Å²) in [6, 6.07) is 31.3. The molecule has 42 heavy (non-hydrogen) atoms. The Kier molecular flexibility index (Phi) is 10.5. The molecule has 0 aliphatic rings. The second-order valence-corrected chi connectivity index (χ2v) is 12.6. The molecule has 0 aromatic heterocycles. The van der Waals surface area contributed by atoms with Gasteiger partial charge >= 0.3 is 0 Å². The van der Waals surface area contributed by atoms with Crippen LogP contribution in [0.15, 0.2) is 119 Å². The topological polar surface area (TPSA) is 86.8 Å². The molecule has 4 rings (SSSR count). The Morgan fingerprint density at radius 2 is 1.40 bits per heavy atom. The molecule has 0 unspecified atom stereocenters. The lowest BCUT2D eigenvalue weighted by atomic mass is 10.0. The maximum absolute atomic E-state index is 14.4. The fourth-order valence-electron chi connectivity index (χ4n) is 4.79. The molecule has 7 nitrogen and oxygen atoms in total. The van der Waals surface area contributed by atoms with Gasteiger partial charge in [0.2, 0.25) is 11.8 Å². The maximum atomic E-state index is 14.4. The first kappa shape index (κ1) is 31.0. The lowest BCUT2D eigenvalue weighted by Crippen LogP contribution is -2.53. The van der Waals surface area contributed by atoms with Crippen LogP contribution in [0.25, 0.3) is 0 Å². The molecule has 0 saturated heterocycles. The summed E-state index contributed by atoms with van der Waals surface area (Å²) in [6.45, 7) is 1.58. The van der Waals surface area contributed by atoms with Crippen LogP contribution in [0.4, 0.5) is 5.69 Å². The van der Waals surface area contributed by atoms with Gasteiger partial charge < -0.3 is 10.2 Å². The van der Waals surface area contributed by atoms with Crippen molar-refractivity contribution < 1.29 is 18.0 Å². The van der Waals surface area contributed by atoms with Crippen molar-refractivity contribution >= 4 is 43.5 Å². The smallest absolute Gasteiger partial charge is 0.264 e. The highest BCUT2D eigenvalue weighted by molar-refractivity contribution is 9.10. The van der Waals surface area contributed by atoms with Crippen molar-refractivity contribution in [3.8, 4) is 0 Å². The number of anilines is 1. The van der Waals surface area contributed by atoms with Gasteiger partial charge in [0.25, 0.3) is 10.0 Å². The summed E-state index contributed by atoms with van der Waals surface area (Å²) >= 11 is 3.45. The van der Waals surface area contributed by atoms with E-state index in [9.17, 15) is 18.0 Å². The van der Waals surface area contributed by atoms with Crippen LogP contribution in [0, 0.1) is 0 Å². The number of rotatable bonds is 12. The molecule has 2 amide bonds. The SMILES string of the molecule is CCc1ccccc1N(CC(=O)N(Cc1ccc(Br)cc1)[C@H](Cc1ccccc1)C(=O)NC)S(=O)(=O)c1ccccc1.